The van der Waals surface area contributed by atoms with Crippen molar-refractivity contribution < 1.29 is 4.79 Å². The van der Waals surface area contributed by atoms with Gasteiger partial charge in [0.15, 0.2) is 5.78 Å². The van der Waals surface area contributed by atoms with Gasteiger partial charge in [-0.1, -0.05) is 23.7 Å². The first-order chi connectivity index (χ1) is 8.56. The van der Waals surface area contributed by atoms with E-state index in [0.717, 1.165) is 11.1 Å². The SMILES string of the molecule is Cc1cnc(N)c(C(=O)Cc2ccc(Cl)cc2)c1. The van der Waals surface area contributed by atoms with Gasteiger partial charge in [0.05, 0.1) is 5.56 Å². The van der Waals surface area contributed by atoms with Gasteiger partial charge in [0.25, 0.3) is 0 Å². The number of nitrogens with two attached hydrogens (primary N) is 1. The molecule has 0 fully saturated rings. The lowest BCUT2D eigenvalue weighted by Crippen LogP contribution is -2.08. The lowest BCUT2D eigenvalue weighted by atomic mass is 10.0. The first-order valence-electron chi connectivity index (χ1n) is 5.56. The lowest BCUT2D eigenvalue weighted by molar-refractivity contribution is 0.0993. The van der Waals surface area contributed by atoms with E-state index in [0.29, 0.717) is 17.0 Å². The van der Waals surface area contributed by atoms with Gasteiger partial charge in [-0.05, 0) is 36.2 Å². The van der Waals surface area contributed by atoms with Gasteiger partial charge in [-0.3, -0.25) is 4.79 Å². The predicted octanol–water partition coefficient (Wildman–Crippen LogP) is 3.05. The van der Waals surface area contributed by atoms with Crippen molar-refractivity contribution in [3.63, 3.8) is 0 Å². The van der Waals surface area contributed by atoms with Crippen molar-refractivity contribution >= 4 is 23.2 Å². The maximum Gasteiger partial charge on any atom is 0.170 e. The molecule has 0 aliphatic carbocycles. The molecular formula is C14H13ClN2O. The Morgan fingerprint density at radius 1 is 1.33 bits per heavy atom. The van der Waals surface area contributed by atoms with Gasteiger partial charge < -0.3 is 5.73 Å². The molecule has 0 radical (unpaired) electrons. The molecule has 0 bridgehead atoms. The number of benzene rings is 1. The summed E-state index contributed by atoms with van der Waals surface area (Å²) in [7, 11) is 0. The number of aromatic nitrogens is 1. The van der Waals surface area contributed by atoms with E-state index in [2.05, 4.69) is 4.98 Å². The summed E-state index contributed by atoms with van der Waals surface area (Å²) in [6.07, 6.45) is 1.95. The Morgan fingerprint density at radius 2 is 2.00 bits per heavy atom. The number of pyridine rings is 1. The molecule has 0 aliphatic rings. The number of aryl methyl sites for hydroxylation is 1. The summed E-state index contributed by atoms with van der Waals surface area (Å²) in [4.78, 5) is 16.1. The summed E-state index contributed by atoms with van der Waals surface area (Å²) in [5, 5.41) is 0.655. The third kappa shape index (κ3) is 2.87. The highest BCUT2D eigenvalue weighted by Gasteiger charge is 2.11. The number of halogens is 1. The van der Waals surface area contributed by atoms with Crippen molar-refractivity contribution in [3.05, 3.63) is 58.2 Å². The molecule has 1 heterocycles. The second-order valence-electron chi connectivity index (χ2n) is 4.17. The van der Waals surface area contributed by atoms with E-state index in [-0.39, 0.29) is 11.6 Å². The van der Waals surface area contributed by atoms with E-state index >= 15 is 0 Å². The van der Waals surface area contributed by atoms with E-state index in [1.165, 1.54) is 0 Å². The molecule has 0 atom stereocenters. The second kappa shape index (κ2) is 5.19. The van der Waals surface area contributed by atoms with Crippen LogP contribution in [-0.4, -0.2) is 10.8 Å². The highest BCUT2D eigenvalue weighted by Crippen LogP contribution is 2.15. The van der Waals surface area contributed by atoms with E-state index in [4.69, 9.17) is 17.3 Å². The van der Waals surface area contributed by atoms with Gasteiger partial charge >= 0.3 is 0 Å². The topological polar surface area (TPSA) is 56.0 Å². The number of rotatable bonds is 3. The molecule has 92 valence electrons. The summed E-state index contributed by atoms with van der Waals surface area (Å²) in [6.45, 7) is 1.88. The quantitative estimate of drug-likeness (QED) is 0.863. The predicted molar refractivity (Wildman–Crippen MR) is 72.9 cm³/mol. The van der Waals surface area contributed by atoms with Crippen molar-refractivity contribution in [3.8, 4) is 0 Å². The van der Waals surface area contributed by atoms with Crippen LogP contribution >= 0.6 is 11.6 Å². The Hall–Kier alpha value is -1.87. The highest BCUT2D eigenvalue weighted by atomic mass is 35.5. The number of carbonyl (C=O) groups excluding carboxylic acids is 1. The van der Waals surface area contributed by atoms with Crippen LogP contribution in [0.5, 0.6) is 0 Å². The fourth-order valence-corrected chi connectivity index (χ4v) is 1.81. The van der Waals surface area contributed by atoms with Crippen molar-refractivity contribution in [2.24, 2.45) is 0 Å². The van der Waals surface area contributed by atoms with Crippen LogP contribution in [0, 0.1) is 6.92 Å². The van der Waals surface area contributed by atoms with Crippen LogP contribution in [0.2, 0.25) is 5.02 Å². The number of ketones is 1. The number of hydrogen-bond donors (Lipinski definition) is 1. The molecule has 4 heteroatoms. The molecule has 18 heavy (non-hydrogen) atoms. The molecular weight excluding hydrogens is 248 g/mol. The molecule has 2 aromatic rings. The number of anilines is 1. The van der Waals surface area contributed by atoms with Gasteiger partial charge in [-0.25, -0.2) is 4.98 Å². The second-order valence-corrected chi connectivity index (χ2v) is 4.61. The fourth-order valence-electron chi connectivity index (χ4n) is 1.69. The van der Waals surface area contributed by atoms with Crippen LogP contribution < -0.4 is 5.73 Å². The molecule has 1 aromatic carbocycles. The molecule has 0 aliphatic heterocycles. The monoisotopic (exact) mass is 260 g/mol. The Bertz CT molecular complexity index is 579. The first-order valence-corrected chi connectivity index (χ1v) is 5.94. The maximum absolute atomic E-state index is 12.1. The molecule has 1 aromatic heterocycles. The zero-order chi connectivity index (χ0) is 13.1. The molecule has 2 rings (SSSR count). The van der Waals surface area contributed by atoms with Gasteiger partial charge in [0.1, 0.15) is 5.82 Å². The average molecular weight is 261 g/mol. The summed E-state index contributed by atoms with van der Waals surface area (Å²) in [5.41, 5.74) is 8.02. The Labute approximate surface area is 111 Å². The zero-order valence-corrected chi connectivity index (χ0v) is 10.7. The molecule has 3 nitrogen and oxygen atoms in total. The molecule has 0 amide bonds. The van der Waals surface area contributed by atoms with E-state index < -0.39 is 0 Å². The molecule has 2 N–H and O–H groups in total. The smallest absolute Gasteiger partial charge is 0.170 e. The number of carbonyl (C=O) groups is 1. The van der Waals surface area contributed by atoms with Crippen molar-refractivity contribution in [2.45, 2.75) is 13.3 Å². The first kappa shape index (κ1) is 12.6. The van der Waals surface area contributed by atoms with Gasteiger partial charge in [-0.2, -0.15) is 0 Å². The lowest BCUT2D eigenvalue weighted by Gasteiger charge is -2.05. The van der Waals surface area contributed by atoms with Gasteiger partial charge in [0, 0.05) is 17.6 Å². The molecule has 0 saturated carbocycles. The Balaban J connectivity index is 2.21. The molecule has 0 saturated heterocycles. The standard InChI is InChI=1S/C14H13ClN2O/c1-9-6-12(14(16)17-8-9)13(18)7-10-2-4-11(15)5-3-10/h2-6,8H,7H2,1H3,(H2,16,17). The minimum absolute atomic E-state index is 0.0361. The third-order valence-corrected chi connectivity index (χ3v) is 2.89. The molecule has 0 unspecified atom stereocenters. The highest BCUT2D eigenvalue weighted by molar-refractivity contribution is 6.30. The van der Waals surface area contributed by atoms with Crippen LogP contribution in [-0.2, 0) is 6.42 Å². The molecule has 0 spiro atoms. The van der Waals surface area contributed by atoms with Gasteiger partial charge in [0.2, 0.25) is 0 Å². The van der Waals surface area contributed by atoms with E-state index in [1.54, 1.807) is 24.4 Å². The average Bonchev–Trinajstić information content (AvgIpc) is 2.35. The summed E-state index contributed by atoms with van der Waals surface area (Å²) in [6, 6.07) is 8.96. The van der Waals surface area contributed by atoms with Crippen LogP contribution in [0.3, 0.4) is 0 Å². The van der Waals surface area contributed by atoms with Crippen molar-refractivity contribution in [1.29, 1.82) is 0 Å². The third-order valence-electron chi connectivity index (χ3n) is 2.63. The number of nitrogens with zero attached hydrogens (tertiary/aromatic N) is 1. The minimum atomic E-state index is -0.0361. The van der Waals surface area contributed by atoms with Crippen molar-refractivity contribution in [1.82, 2.24) is 4.98 Å². The van der Waals surface area contributed by atoms with E-state index in [9.17, 15) is 4.79 Å². The zero-order valence-electron chi connectivity index (χ0n) is 9.98. The fraction of sp³-hybridized carbons (Fsp3) is 0.143. The normalized spacial score (nSPS) is 10.3. The van der Waals surface area contributed by atoms with Crippen LogP contribution in [0.4, 0.5) is 5.82 Å². The van der Waals surface area contributed by atoms with E-state index in [1.807, 2.05) is 19.1 Å². The Morgan fingerprint density at radius 3 is 2.67 bits per heavy atom. The van der Waals surface area contributed by atoms with Crippen molar-refractivity contribution in [2.75, 3.05) is 5.73 Å². The number of hydrogen-bond acceptors (Lipinski definition) is 3. The maximum atomic E-state index is 12.1. The summed E-state index contributed by atoms with van der Waals surface area (Å²) >= 11 is 5.80. The number of Topliss-reactive ketones (excluding diaryl/α,β-unsaturated/α-hetero) is 1. The minimum Gasteiger partial charge on any atom is -0.383 e. The van der Waals surface area contributed by atoms with Crippen LogP contribution in [0.25, 0.3) is 0 Å². The Kier molecular flexibility index (Phi) is 3.63. The van der Waals surface area contributed by atoms with Crippen LogP contribution in [0.15, 0.2) is 36.5 Å². The van der Waals surface area contributed by atoms with Gasteiger partial charge in [-0.15, -0.1) is 0 Å². The largest absolute Gasteiger partial charge is 0.383 e. The summed E-state index contributed by atoms with van der Waals surface area (Å²) in [5.74, 6) is 0.241. The van der Waals surface area contributed by atoms with Crippen LogP contribution in [0.1, 0.15) is 21.5 Å². The number of nitrogen functional groups attached to an aromatic ring is 1. The summed E-state index contributed by atoms with van der Waals surface area (Å²) < 4.78 is 0.